The molecule has 1 aliphatic heterocycles. The maximum atomic E-state index is 10.2. The van der Waals surface area contributed by atoms with E-state index >= 15 is 0 Å². The average Bonchev–Trinajstić information content (AvgIpc) is 3.08. The van der Waals surface area contributed by atoms with Crippen molar-refractivity contribution in [2.24, 2.45) is 0 Å². The minimum Gasteiger partial charge on any atom is -0.390 e. The molecule has 0 aliphatic carbocycles. The van der Waals surface area contributed by atoms with Gasteiger partial charge < -0.3 is 5.11 Å². The van der Waals surface area contributed by atoms with Crippen LogP contribution in [0.5, 0.6) is 0 Å². The number of halogens is 1. The lowest BCUT2D eigenvalue weighted by molar-refractivity contribution is 0.0513. The first-order valence-corrected chi connectivity index (χ1v) is 8.87. The number of aliphatic hydroxyl groups is 1. The lowest BCUT2D eigenvalue weighted by Gasteiger charge is -2.39. The van der Waals surface area contributed by atoms with Crippen LogP contribution in [-0.2, 0) is 6.54 Å². The molecule has 1 saturated heterocycles. The van der Waals surface area contributed by atoms with E-state index in [2.05, 4.69) is 27.9 Å². The van der Waals surface area contributed by atoms with Gasteiger partial charge in [-0.15, -0.1) is 0 Å². The van der Waals surface area contributed by atoms with Gasteiger partial charge in [0.1, 0.15) is 0 Å². The topological polar surface area (TPSA) is 44.5 Å². The molecule has 24 heavy (non-hydrogen) atoms. The van der Waals surface area contributed by atoms with Crippen molar-refractivity contribution in [2.75, 3.05) is 32.7 Å². The second-order valence-electron chi connectivity index (χ2n) is 6.42. The van der Waals surface area contributed by atoms with Crippen LogP contribution in [0.1, 0.15) is 18.5 Å². The van der Waals surface area contributed by atoms with Gasteiger partial charge in [0.25, 0.3) is 0 Å². The highest BCUT2D eigenvalue weighted by Gasteiger charge is 2.24. The van der Waals surface area contributed by atoms with Gasteiger partial charge in [-0.1, -0.05) is 29.8 Å². The number of rotatable bonds is 6. The Balaban J connectivity index is 1.48. The molecule has 1 aromatic carbocycles. The van der Waals surface area contributed by atoms with E-state index in [-0.39, 0.29) is 0 Å². The van der Waals surface area contributed by atoms with Crippen LogP contribution in [0, 0.1) is 0 Å². The van der Waals surface area contributed by atoms with Crippen molar-refractivity contribution in [2.45, 2.75) is 25.6 Å². The van der Waals surface area contributed by atoms with Gasteiger partial charge in [-0.3, -0.25) is 14.5 Å². The molecule has 1 aromatic heterocycles. The Labute approximate surface area is 148 Å². The fourth-order valence-electron chi connectivity index (χ4n) is 3.32. The quantitative estimate of drug-likeness (QED) is 0.869. The number of hydrogen-bond acceptors (Lipinski definition) is 4. The van der Waals surface area contributed by atoms with E-state index in [1.165, 1.54) is 5.56 Å². The lowest BCUT2D eigenvalue weighted by Crippen LogP contribution is -2.49. The molecule has 0 saturated carbocycles. The third kappa shape index (κ3) is 4.36. The Hall–Kier alpha value is -1.40. The Kier molecular flexibility index (Phi) is 5.89. The van der Waals surface area contributed by atoms with E-state index in [0.29, 0.717) is 19.1 Å². The first-order chi connectivity index (χ1) is 11.6. The number of hydrogen-bond donors (Lipinski definition) is 1. The predicted octanol–water partition coefficient (Wildman–Crippen LogP) is 2.28. The molecule has 0 amide bonds. The summed E-state index contributed by atoms with van der Waals surface area (Å²) in [5, 5.41) is 15.2. The van der Waals surface area contributed by atoms with Crippen LogP contribution in [0.15, 0.2) is 42.7 Å². The molecule has 0 radical (unpaired) electrons. The van der Waals surface area contributed by atoms with Gasteiger partial charge in [0.05, 0.1) is 12.6 Å². The Bertz CT molecular complexity index is 626. The van der Waals surface area contributed by atoms with Crippen LogP contribution in [-0.4, -0.2) is 63.5 Å². The summed E-state index contributed by atoms with van der Waals surface area (Å²) in [6.45, 7) is 7.35. The summed E-state index contributed by atoms with van der Waals surface area (Å²) in [5.41, 5.74) is 1.19. The number of aromatic nitrogens is 2. The predicted molar refractivity (Wildman–Crippen MR) is 96.1 cm³/mol. The van der Waals surface area contributed by atoms with Crippen molar-refractivity contribution in [1.82, 2.24) is 19.6 Å². The SMILES string of the molecule is C[C@@H](c1ccccc1Cl)N1CCN(C[C@H](O)Cn2cccn2)CC1. The third-order valence-electron chi connectivity index (χ3n) is 4.74. The van der Waals surface area contributed by atoms with E-state index in [1.54, 1.807) is 10.9 Å². The Morgan fingerprint density at radius 2 is 1.88 bits per heavy atom. The van der Waals surface area contributed by atoms with E-state index in [4.69, 9.17) is 11.6 Å². The van der Waals surface area contributed by atoms with Gasteiger partial charge in [0.15, 0.2) is 0 Å². The molecule has 2 atom stereocenters. The van der Waals surface area contributed by atoms with Gasteiger partial charge in [0, 0.05) is 56.2 Å². The number of benzene rings is 1. The average molecular weight is 349 g/mol. The first-order valence-electron chi connectivity index (χ1n) is 8.50. The number of aliphatic hydroxyl groups excluding tert-OH is 1. The third-order valence-corrected chi connectivity index (χ3v) is 5.08. The molecule has 130 valence electrons. The largest absolute Gasteiger partial charge is 0.390 e. The molecule has 1 fully saturated rings. The minimum absolute atomic E-state index is 0.315. The number of nitrogens with zero attached hydrogens (tertiary/aromatic N) is 4. The summed E-state index contributed by atoms with van der Waals surface area (Å²) in [4.78, 5) is 4.78. The molecule has 6 heteroatoms. The molecule has 0 bridgehead atoms. The van der Waals surface area contributed by atoms with Crippen molar-refractivity contribution in [3.63, 3.8) is 0 Å². The molecule has 2 heterocycles. The zero-order chi connectivity index (χ0) is 16.9. The summed E-state index contributed by atoms with van der Waals surface area (Å²) >= 11 is 6.33. The van der Waals surface area contributed by atoms with E-state index in [1.807, 2.05) is 30.5 Å². The van der Waals surface area contributed by atoms with Crippen LogP contribution in [0.2, 0.25) is 5.02 Å². The summed E-state index contributed by atoms with van der Waals surface area (Å²) in [7, 11) is 0. The van der Waals surface area contributed by atoms with Crippen molar-refractivity contribution < 1.29 is 5.11 Å². The molecule has 1 aliphatic rings. The molecular formula is C18H25ClN4O. The van der Waals surface area contributed by atoms with Crippen molar-refractivity contribution in [3.8, 4) is 0 Å². The van der Waals surface area contributed by atoms with Crippen molar-refractivity contribution in [1.29, 1.82) is 0 Å². The molecular weight excluding hydrogens is 324 g/mol. The van der Waals surface area contributed by atoms with Gasteiger partial charge in [0.2, 0.25) is 0 Å². The van der Waals surface area contributed by atoms with E-state index < -0.39 is 6.10 Å². The Morgan fingerprint density at radius 1 is 1.12 bits per heavy atom. The van der Waals surface area contributed by atoms with Crippen LogP contribution < -0.4 is 0 Å². The monoisotopic (exact) mass is 348 g/mol. The van der Waals surface area contributed by atoms with Crippen LogP contribution in [0.3, 0.4) is 0 Å². The van der Waals surface area contributed by atoms with Gasteiger partial charge in [-0.05, 0) is 24.6 Å². The smallest absolute Gasteiger partial charge is 0.0862 e. The Morgan fingerprint density at radius 3 is 2.54 bits per heavy atom. The highest BCUT2D eigenvalue weighted by Crippen LogP contribution is 2.27. The molecule has 5 nitrogen and oxygen atoms in total. The maximum absolute atomic E-state index is 10.2. The summed E-state index contributed by atoms with van der Waals surface area (Å²) in [6.07, 6.45) is 3.23. The van der Waals surface area contributed by atoms with E-state index in [0.717, 1.165) is 31.2 Å². The highest BCUT2D eigenvalue weighted by molar-refractivity contribution is 6.31. The van der Waals surface area contributed by atoms with Gasteiger partial charge in [-0.25, -0.2) is 0 Å². The zero-order valence-electron chi connectivity index (χ0n) is 14.1. The van der Waals surface area contributed by atoms with Crippen molar-refractivity contribution >= 4 is 11.6 Å². The van der Waals surface area contributed by atoms with Crippen LogP contribution in [0.4, 0.5) is 0 Å². The van der Waals surface area contributed by atoms with Crippen molar-refractivity contribution in [3.05, 3.63) is 53.3 Å². The molecule has 3 rings (SSSR count). The molecule has 1 N–H and O–H groups in total. The number of β-amino-alcohol motifs (C(OH)–C–C–N with tert-alkyl or cyclic N) is 1. The lowest BCUT2D eigenvalue weighted by atomic mass is 10.1. The fraction of sp³-hybridized carbons (Fsp3) is 0.500. The standard InChI is InChI=1S/C18H25ClN4O/c1-15(17-5-2-3-6-18(17)19)22-11-9-21(10-12-22)13-16(24)14-23-8-4-7-20-23/h2-8,15-16,24H,9-14H2,1H3/t15-,16-/m0/s1. The fourth-order valence-corrected chi connectivity index (χ4v) is 3.62. The zero-order valence-corrected chi connectivity index (χ0v) is 14.8. The van der Waals surface area contributed by atoms with E-state index in [9.17, 15) is 5.11 Å². The van der Waals surface area contributed by atoms with Crippen LogP contribution >= 0.6 is 11.6 Å². The van der Waals surface area contributed by atoms with Gasteiger partial charge >= 0.3 is 0 Å². The summed E-state index contributed by atoms with van der Waals surface area (Å²) < 4.78 is 1.78. The molecule has 0 spiro atoms. The molecule has 2 aromatic rings. The summed E-state index contributed by atoms with van der Waals surface area (Å²) in [5.74, 6) is 0. The minimum atomic E-state index is -0.391. The number of piperazine rings is 1. The highest BCUT2D eigenvalue weighted by atomic mass is 35.5. The van der Waals surface area contributed by atoms with Gasteiger partial charge in [-0.2, -0.15) is 5.10 Å². The summed E-state index contributed by atoms with van der Waals surface area (Å²) in [6, 6.07) is 10.3. The first kappa shape index (κ1) is 17.4. The maximum Gasteiger partial charge on any atom is 0.0862 e. The molecule has 0 unspecified atom stereocenters. The van der Waals surface area contributed by atoms with Crippen LogP contribution in [0.25, 0.3) is 0 Å². The second-order valence-corrected chi connectivity index (χ2v) is 6.82. The normalized spacial score (nSPS) is 19.3. The second kappa shape index (κ2) is 8.12.